The number of hydrogen-bond donors (Lipinski definition) is 0. The van der Waals surface area contributed by atoms with Gasteiger partial charge in [0.05, 0.1) is 6.07 Å². The molecule has 0 saturated carbocycles. The van der Waals surface area contributed by atoms with Gasteiger partial charge in [-0.1, -0.05) is 0 Å². The lowest BCUT2D eigenvalue weighted by Gasteiger charge is -1.98. The predicted molar refractivity (Wildman–Crippen MR) is 44.8 cm³/mol. The van der Waals surface area contributed by atoms with Crippen LogP contribution in [-0.2, 0) is 6.54 Å². The molecular formula is C9H10N2. The molecule has 0 unspecified atom stereocenters. The Kier molecular flexibility index (Phi) is 2.51. The van der Waals surface area contributed by atoms with Crippen LogP contribution in [-0.4, -0.2) is 4.57 Å². The Labute approximate surface area is 66.4 Å². The zero-order chi connectivity index (χ0) is 8.10. The maximum Gasteiger partial charge on any atom is 0.0912 e. The molecule has 56 valence electrons. The van der Waals surface area contributed by atoms with E-state index in [0.717, 1.165) is 12.2 Å². The fourth-order valence-electron chi connectivity index (χ4n) is 0.989. The monoisotopic (exact) mass is 146 g/mol. The Hall–Kier alpha value is -1.49. The van der Waals surface area contributed by atoms with Gasteiger partial charge in [0, 0.05) is 24.5 Å². The molecule has 1 aromatic heterocycles. The van der Waals surface area contributed by atoms with E-state index in [1.807, 2.05) is 30.5 Å². The van der Waals surface area contributed by atoms with E-state index in [-0.39, 0.29) is 0 Å². The summed E-state index contributed by atoms with van der Waals surface area (Å²) in [7, 11) is 0. The van der Waals surface area contributed by atoms with Crippen LogP contribution < -0.4 is 0 Å². The first-order chi connectivity index (χ1) is 5.38. The highest BCUT2D eigenvalue weighted by Gasteiger charge is 1.91. The number of hydrogen-bond acceptors (Lipinski definition) is 1. The minimum atomic E-state index is 0.943. The molecule has 0 aromatic carbocycles. The minimum Gasteiger partial charge on any atom is -0.348 e. The van der Waals surface area contributed by atoms with Crippen LogP contribution in [0.4, 0.5) is 0 Å². The molecule has 0 aliphatic rings. The standard InChI is InChI=1S/C9H10N2/c1-2-11-8-4-6-9(11)5-3-7-10/h3-6,8H,2H2,1H3. The third-order valence-electron chi connectivity index (χ3n) is 1.53. The lowest BCUT2D eigenvalue weighted by atomic mass is 10.4. The first-order valence-electron chi connectivity index (χ1n) is 3.59. The van der Waals surface area contributed by atoms with Crippen molar-refractivity contribution in [3.63, 3.8) is 0 Å². The van der Waals surface area contributed by atoms with E-state index in [4.69, 9.17) is 5.26 Å². The molecule has 0 N–H and O–H groups in total. The highest BCUT2D eigenvalue weighted by atomic mass is 14.9. The van der Waals surface area contributed by atoms with Crippen LogP contribution >= 0.6 is 0 Å². The van der Waals surface area contributed by atoms with Gasteiger partial charge in [-0.05, 0) is 25.1 Å². The zero-order valence-corrected chi connectivity index (χ0v) is 6.49. The second kappa shape index (κ2) is 3.62. The van der Waals surface area contributed by atoms with Gasteiger partial charge in [0.15, 0.2) is 0 Å². The molecule has 2 nitrogen and oxygen atoms in total. The van der Waals surface area contributed by atoms with Gasteiger partial charge < -0.3 is 4.57 Å². The fraction of sp³-hybridized carbons (Fsp3) is 0.222. The smallest absolute Gasteiger partial charge is 0.0912 e. The predicted octanol–water partition coefficient (Wildman–Crippen LogP) is 2.04. The summed E-state index contributed by atoms with van der Waals surface area (Å²) in [4.78, 5) is 0. The molecule has 0 bridgehead atoms. The molecule has 11 heavy (non-hydrogen) atoms. The van der Waals surface area contributed by atoms with Crippen LogP contribution in [0.15, 0.2) is 24.4 Å². The van der Waals surface area contributed by atoms with E-state index in [1.165, 1.54) is 6.08 Å². The highest BCUT2D eigenvalue weighted by Crippen LogP contribution is 2.03. The van der Waals surface area contributed by atoms with Crippen molar-refractivity contribution in [1.29, 1.82) is 5.26 Å². The Bertz CT molecular complexity index is 289. The summed E-state index contributed by atoms with van der Waals surface area (Å²) in [5.41, 5.74) is 1.08. The van der Waals surface area contributed by atoms with E-state index in [9.17, 15) is 0 Å². The van der Waals surface area contributed by atoms with E-state index in [1.54, 1.807) is 0 Å². The number of aromatic nitrogens is 1. The maximum atomic E-state index is 8.28. The van der Waals surface area contributed by atoms with Crippen molar-refractivity contribution in [2.45, 2.75) is 13.5 Å². The molecule has 0 amide bonds. The Morgan fingerprint density at radius 1 is 1.73 bits per heavy atom. The SMILES string of the molecule is CCn1cccc1C=CC#N. The lowest BCUT2D eigenvalue weighted by molar-refractivity contribution is 0.761. The Morgan fingerprint density at radius 3 is 3.18 bits per heavy atom. The zero-order valence-electron chi connectivity index (χ0n) is 6.49. The van der Waals surface area contributed by atoms with Crippen LogP contribution in [0.2, 0.25) is 0 Å². The highest BCUT2D eigenvalue weighted by molar-refractivity contribution is 5.48. The summed E-state index contributed by atoms with van der Waals surface area (Å²) >= 11 is 0. The molecule has 0 fully saturated rings. The first kappa shape index (κ1) is 7.62. The van der Waals surface area contributed by atoms with Gasteiger partial charge in [0.2, 0.25) is 0 Å². The topological polar surface area (TPSA) is 28.7 Å². The van der Waals surface area contributed by atoms with Crippen molar-refractivity contribution in [3.8, 4) is 6.07 Å². The van der Waals surface area contributed by atoms with Crippen molar-refractivity contribution in [3.05, 3.63) is 30.1 Å². The van der Waals surface area contributed by atoms with Crippen LogP contribution in [0, 0.1) is 11.3 Å². The van der Waals surface area contributed by atoms with Gasteiger partial charge >= 0.3 is 0 Å². The summed E-state index contributed by atoms with van der Waals surface area (Å²) in [6, 6.07) is 5.92. The van der Waals surface area contributed by atoms with Crippen molar-refractivity contribution in [2.24, 2.45) is 0 Å². The van der Waals surface area contributed by atoms with Crippen molar-refractivity contribution < 1.29 is 0 Å². The lowest BCUT2D eigenvalue weighted by Crippen LogP contribution is -1.92. The third kappa shape index (κ3) is 1.71. The summed E-state index contributed by atoms with van der Waals surface area (Å²) in [6.07, 6.45) is 5.29. The molecule has 0 aliphatic heterocycles. The van der Waals surface area contributed by atoms with Crippen LogP contribution in [0.3, 0.4) is 0 Å². The number of allylic oxidation sites excluding steroid dienone is 1. The summed E-state index contributed by atoms with van der Waals surface area (Å²) in [5, 5.41) is 8.28. The molecule has 2 heteroatoms. The van der Waals surface area contributed by atoms with Crippen LogP contribution in [0.5, 0.6) is 0 Å². The number of nitrogens with zero attached hydrogens (tertiary/aromatic N) is 2. The fourth-order valence-corrected chi connectivity index (χ4v) is 0.989. The molecule has 0 radical (unpaired) electrons. The molecule has 0 atom stereocenters. The first-order valence-corrected chi connectivity index (χ1v) is 3.59. The number of rotatable bonds is 2. The average Bonchev–Trinajstić information content (AvgIpc) is 2.47. The molecule has 0 saturated heterocycles. The van der Waals surface area contributed by atoms with E-state index in [0.29, 0.717) is 0 Å². The normalized spacial score (nSPS) is 10.2. The molecular weight excluding hydrogens is 136 g/mol. The molecule has 1 aromatic rings. The van der Waals surface area contributed by atoms with Crippen LogP contribution in [0.25, 0.3) is 6.08 Å². The molecule has 1 heterocycles. The van der Waals surface area contributed by atoms with Crippen molar-refractivity contribution in [2.75, 3.05) is 0 Å². The van der Waals surface area contributed by atoms with E-state index < -0.39 is 0 Å². The summed E-state index contributed by atoms with van der Waals surface area (Å²) in [6.45, 7) is 3.02. The minimum absolute atomic E-state index is 0.943. The van der Waals surface area contributed by atoms with Crippen molar-refractivity contribution in [1.82, 2.24) is 4.57 Å². The second-order valence-corrected chi connectivity index (χ2v) is 2.18. The second-order valence-electron chi connectivity index (χ2n) is 2.18. The van der Waals surface area contributed by atoms with Gasteiger partial charge in [-0.25, -0.2) is 0 Å². The van der Waals surface area contributed by atoms with Gasteiger partial charge in [0.1, 0.15) is 0 Å². The largest absolute Gasteiger partial charge is 0.348 e. The van der Waals surface area contributed by atoms with E-state index >= 15 is 0 Å². The van der Waals surface area contributed by atoms with Gasteiger partial charge in [-0.3, -0.25) is 0 Å². The maximum absolute atomic E-state index is 8.28. The molecule has 0 aliphatic carbocycles. The molecule has 1 rings (SSSR count). The Morgan fingerprint density at radius 2 is 2.55 bits per heavy atom. The summed E-state index contributed by atoms with van der Waals surface area (Å²) in [5.74, 6) is 0. The number of aryl methyl sites for hydroxylation is 1. The number of nitriles is 1. The van der Waals surface area contributed by atoms with E-state index in [2.05, 4.69) is 11.5 Å². The Balaban J connectivity index is 2.86. The summed E-state index contributed by atoms with van der Waals surface area (Å²) < 4.78 is 2.08. The average molecular weight is 146 g/mol. The third-order valence-corrected chi connectivity index (χ3v) is 1.53. The quantitative estimate of drug-likeness (QED) is 0.587. The van der Waals surface area contributed by atoms with Gasteiger partial charge in [-0.15, -0.1) is 0 Å². The molecule has 0 spiro atoms. The van der Waals surface area contributed by atoms with Crippen molar-refractivity contribution >= 4 is 6.08 Å². The van der Waals surface area contributed by atoms with Crippen LogP contribution in [0.1, 0.15) is 12.6 Å². The van der Waals surface area contributed by atoms with Gasteiger partial charge in [0.25, 0.3) is 0 Å². The van der Waals surface area contributed by atoms with Gasteiger partial charge in [-0.2, -0.15) is 5.26 Å².